The second-order valence-corrected chi connectivity index (χ2v) is 8.66. The molecular weight excluding hydrogens is 498 g/mol. The molecule has 1 heterocycles. The summed E-state index contributed by atoms with van der Waals surface area (Å²) in [6, 6.07) is 24.1. The summed E-state index contributed by atoms with van der Waals surface area (Å²) in [6.07, 6.45) is 1.46. The lowest BCUT2D eigenvalue weighted by atomic mass is 10.0. The number of aryl methyl sites for hydroxylation is 1. The zero-order valence-electron chi connectivity index (χ0n) is 21.5. The van der Waals surface area contributed by atoms with Crippen LogP contribution in [0, 0.1) is 0 Å². The van der Waals surface area contributed by atoms with Crippen LogP contribution in [0.1, 0.15) is 34.2 Å². The first-order valence-electron chi connectivity index (χ1n) is 12.5. The van der Waals surface area contributed by atoms with Crippen molar-refractivity contribution >= 4 is 18.0 Å². The minimum Gasteiger partial charge on any atom is -0.459 e. The molecular formula is C30H29N3O6. The largest absolute Gasteiger partial charge is 0.459 e. The van der Waals surface area contributed by atoms with E-state index in [0.717, 1.165) is 22.3 Å². The number of hydrogen-bond donors (Lipinski definition) is 2. The van der Waals surface area contributed by atoms with Gasteiger partial charge in [-0.15, -0.1) is 0 Å². The van der Waals surface area contributed by atoms with E-state index >= 15 is 0 Å². The minimum absolute atomic E-state index is 0.0193. The van der Waals surface area contributed by atoms with E-state index in [0.29, 0.717) is 17.7 Å². The molecule has 200 valence electrons. The Balaban J connectivity index is 1.41. The Morgan fingerprint density at radius 3 is 2.21 bits per heavy atom. The fourth-order valence-electron chi connectivity index (χ4n) is 3.81. The summed E-state index contributed by atoms with van der Waals surface area (Å²) in [6.45, 7) is 1.80. The van der Waals surface area contributed by atoms with E-state index in [-0.39, 0.29) is 19.8 Å². The van der Waals surface area contributed by atoms with Gasteiger partial charge in [0.2, 0.25) is 0 Å². The van der Waals surface area contributed by atoms with E-state index in [4.69, 9.17) is 14.0 Å². The van der Waals surface area contributed by atoms with E-state index in [2.05, 4.69) is 15.8 Å². The van der Waals surface area contributed by atoms with Crippen LogP contribution in [0.25, 0.3) is 11.1 Å². The average molecular weight is 528 g/mol. The van der Waals surface area contributed by atoms with Crippen molar-refractivity contribution in [1.82, 2.24) is 15.8 Å². The molecule has 2 N–H and O–H groups in total. The maximum absolute atomic E-state index is 13.0. The molecule has 1 atom stereocenters. The molecule has 9 heteroatoms. The molecule has 0 aliphatic heterocycles. The Morgan fingerprint density at radius 1 is 0.872 bits per heavy atom. The summed E-state index contributed by atoms with van der Waals surface area (Å²) in [7, 11) is 0. The number of esters is 1. The van der Waals surface area contributed by atoms with Crippen LogP contribution in [-0.2, 0) is 33.9 Å². The molecule has 0 bridgehead atoms. The molecule has 9 nitrogen and oxygen atoms in total. The Morgan fingerprint density at radius 2 is 1.54 bits per heavy atom. The highest BCUT2D eigenvalue weighted by Crippen LogP contribution is 2.24. The zero-order chi connectivity index (χ0) is 27.5. The Labute approximate surface area is 226 Å². The van der Waals surface area contributed by atoms with Gasteiger partial charge in [-0.3, -0.25) is 4.79 Å². The first-order valence-corrected chi connectivity index (χ1v) is 12.5. The second-order valence-electron chi connectivity index (χ2n) is 8.66. The van der Waals surface area contributed by atoms with Gasteiger partial charge in [-0.2, -0.15) is 0 Å². The Hall–Kier alpha value is -4.92. The van der Waals surface area contributed by atoms with Crippen LogP contribution in [0.4, 0.5) is 4.79 Å². The maximum Gasteiger partial charge on any atom is 0.408 e. The van der Waals surface area contributed by atoms with Gasteiger partial charge in [-0.1, -0.05) is 84.9 Å². The monoisotopic (exact) mass is 527 g/mol. The molecule has 0 saturated heterocycles. The second kappa shape index (κ2) is 13.6. The summed E-state index contributed by atoms with van der Waals surface area (Å²) in [5, 5.41) is 9.06. The SMILES string of the molecule is CCc1oncc1-c1cccc(C(=O)NC[C@@H](NC(=O)OCc2ccccc2)C(=O)OCc2ccccc2)c1. The number of nitrogens with zero attached hydrogens (tertiary/aromatic N) is 1. The number of hydrogen-bond acceptors (Lipinski definition) is 7. The van der Waals surface area contributed by atoms with Gasteiger partial charge in [0.15, 0.2) is 0 Å². The number of ether oxygens (including phenoxy) is 2. The zero-order valence-corrected chi connectivity index (χ0v) is 21.5. The van der Waals surface area contributed by atoms with Crippen molar-refractivity contribution in [3.63, 3.8) is 0 Å². The highest BCUT2D eigenvalue weighted by atomic mass is 16.6. The first kappa shape index (κ1) is 27.1. The minimum atomic E-state index is -1.17. The van der Waals surface area contributed by atoms with Gasteiger partial charge < -0.3 is 24.6 Å². The number of alkyl carbamates (subject to hydrolysis) is 1. The average Bonchev–Trinajstić information content (AvgIpc) is 3.47. The Kier molecular flexibility index (Phi) is 9.44. The van der Waals surface area contributed by atoms with E-state index in [1.165, 1.54) is 0 Å². The van der Waals surface area contributed by atoms with Crippen molar-refractivity contribution in [2.75, 3.05) is 6.54 Å². The third-order valence-electron chi connectivity index (χ3n) is 5.88. The van der Waals surface area contributed by atoms with Crippen molar-refractivity contribution in [2.45, 2.75) is 32.6 Å². The lowest BCUT2D eigenvalue weighted by Crippen LogP contribution is -2.49. The third-order valence-corrected chi connectivity index (χ3v) is 5.88. The van der Waals surface area contributed by atoms with Crippen LogP contribution in [0.2, 0.25) is 0 Å². The normalized spacial score (nSPS) is 11.3. The van der Waals surface area contributed by atoms with Crippen molar-refractivity contribution < 1.29 is 28.4 Å². The summed E-state index contributed by atoms with van der Waals surface area (Å²) >= 11 is 0. The van der Waals surface area contributed by atoms with Crippen LogP contribution in [0.3, 0.4) is 0 Å². The van der Waals surface area contributed by atoms with Crippen LogP contribution in [0.5, 0.6) is 0 Å². The molecule has 4 rings (SSSR count). The van der Waals surface area contributed by atoms with Crippen molar-refractivity contribution in [3.8, 4) is 11.1 Å². The van der Waals surface area contributed by atoms with E-state index in [1.807, 2.05) is 73.7 Å². The molecule has 0 radical (unpaired) electrons. The van der Waals surface area contributed by atoms with Gasteiger partial charge in [-0.25, -0.2) is 9.59 Å². The number of nitrogens with one attached hydrogen (secondary N) is 2. The predicted molar refractivity (Wildman–Crippen MR) is 143 cm³/mol. The maximum atomic E-state index is 13.0. The third kappa shape index (κ3) is 7.78. The van der Waals surface area contributed by atoms with Crippen LogP contribution < -0.4 is 10.6 Å². The smallest absolute Gasteiger partial charge is 0.408 e. The topological polar surface area (TPSA) is 120 Å². The fraction of sp³-hybridized carbons (Fsp3) is 0.200. The highest BCUT2D eigenvalue weighted by Gasteiger charge is 2.24. The Bertz CT molecular complexity index is 1390. The van der Waals surface area contributed by atoms with E-state index < -0.39 is 24.0 Å². The summed E-state index contributed by atoms with van der Waals surface area (Å²) in [5.74, 6) is -0.416. The number of benzene rings is 3. The number of aromatic nitrogens is 1. The number of amides is 2. The fourth-order valence-corrected chi connectivity index (χ4v) is 3.81. The van der Waals surface area contributed by atoms with Crippen molar-refractivity contribution in [3.05, 3.63) is 114 Å². The lowest BCUT2D eigenvalue weighted by molar-refractivity contribution is -0.147. The molecule has 1 aromatic heterocycles. The first-order chi connectivity index (χ1) is 19.0. The number of carbonyl (C=O) groups excluding carboxylic acids is 3. The van der Waals surface area contributed by atoms with Crippen molar-refractivity contribution in [1.29, 1.82) is 0 Å². The van der Waals surface area contributed by atoms with Crippen LogP contribution >= 0.6 is 0 Å². The van der Waals surface area contributed by atoms with Crippen LogP contribution in [-0.4, -0.2) is 35.7 Å². The number of carbonyl (C=O) groups is 3. The highest BCUT2D eigenvalue weighted by molar-refractivity contribution is 5.96. The van der Waals surface area contributed by atoms with Gasteiger partial charge >= 0.3 is 12.1 Å². The quantitative estimate of drug-likeness (QED) is 0.272. The van der Waals surface area contributed by atoms with E-state index in [9.17, 15) is 14.4 Å². The summed E-state index contributed by atoms with van der Waals surface area (Å²) < 4.78 is 15.9. The molecule has 2 amide bonds. The predicted octanol–water partition coefficient (Wildman–Crippen LogP) is 4.67. The molecule has 4 aromatic rings. The van der Waals surface area contributed by atoms with Gasteiger partial charge in [0.1, 0.15) is 25.0 Å². The molecule has 3 aromatic carbocycles. The molecule has 0 aliphatic rings. The van der Waals surface area contributed by atoms with Gasteiger partial charge in [0, 0.05) is 24.1 Å². The van der Waals surface area contributed by atoms with Gasteiger partial charge in [0.25, 0.3) is 5.91 Å². The van der Waals surface area contributed by atoms with Crippen molar-refractivity contribution in [2.24, 2.45) is 0 Å². The number of rotatable bonds is 11. The lowest BCUT2D eigenvalue weighted by Gasteiger charge is -2.18. The van der Waals surface area contributed by atoms with E-state index in [1.54, 1.807) is 24.4 Å². The molecule has 0 spiro atoms. The molecule has 0 aliphatic carbocycles. The molecule has 39 heavy (non-hydrogen) atoms. The van der Waals surface area contributed by atoms with Gasteiger partial charge in [-0.05, 0) is 28.8 Å². The van der Waals surface area contributed by atoms with Gasteiger partial charge in [0.05, 0.1) is 6.20 Å². The molecule has 0 unspecified atom stereocenters. The van der Waals surface area contributed by atoms with Crippen LogP contribution in [0.15, 0.2) is 95.6 Å². The molecule has 0 fully saturated rings. The standard InChI is InChI=1S/C30H29N3O6/c1-2-27-25(17-32-39-27)23-14-9-15-24(16-23)28(34)31-18-26(29(35)37-19-21-10-5-3-6-11-21)33-30(36)38-20-22-12-7-4-8-13-22/h3-17,26H,2,18-20H2,1H3,(H,31,34)(H,33,36)/t26-/m1/s1. The molecule has 0 saturated carbocycles. The summed E-state index contributed by atoms with van der Waals surface area (Å²) in [5.41, 5.74) is 3.54. The summed E-state index contributed by atoms with van der Waals surface area (Å²) in [4.78, 5) is 38.4.